The van der Waals surface area contributed by atoms with Crippen LogP contribution in [0.5, 0.6) is 0 Å². The zero-order valence-corrected chi connectivity index (χ0v) is 16.7. The van der Waals surface area contributed by atoms with Gasteiger partial charge in [0.1, 0.15) is 5.82 Å². The number of nitrogens with one attached hydrogen (secondary N) is 1. The molecule has 29 heavy (non-hydrogen) atoms. The van der Waals surface area contributed by atoms with E-state index in [4.69, 9.17) is 4.74 Å². The molecule has 1 N–H and O–H groups in total. The molecule has 1 aliphatic rings. The van der Waals surface area contributed by atoms with Gasteiger partial charge in [-0.15, -0.1) is 16.4 Å². The van der Waals surface area contributed by atoms with Crippen molar-refractivity contribution in [2.75, 3.05) is 39.4 Å². The summed E-state index contributed by atoms with van der Waals surface area (Å²) in [5, 5.41) is 9.21. The number of benzene rings is 1. The van der Waals surface area contributed by atoms with Crippen LogP contribution in [0, 0.1) is 5.82 Å². The van der Waals surface area contributed by atoms with Crippen LogP contribution in [-0.4, -0.2) is 65.0 Å². The van der Waals surface area contributed by atoms with Crippen LogP contribution in [0.25, 0.3) is 16.4 Å². The van der Waals surface area contributed by atoms with Gasteiger partial charge >= 0.3 is 0 Å². The maximum absolute atomic E-state index is 13.3. The Morgan fingerprint density at radius 2 is 2.00 bits per heavy atom. The minimum atomic E-state index is -0.329. The summed E-state index contributed by atoms with van der Waals surface area (Å²) in [4.78, 5) is 20.2. The summed E-state index contributed by atoms with van der Waals surface area (Å²) in [7, 11) is 0. The third-order valence-electron chi connectivity index (χ3n) is 4.66. The molecule has 0 unspecified atom stereocenters. The Morgan fingerprint density at radius 3 is 2.72 bits per heavy atom. The van der Waals surface area contributed by atoms with Crippen molar-refractivity contribution in [3.8, 4) is 16.4 Å². The first kappa shape index (κ1) is 19.7. The second kappa shape index (κ2) is 9.25. The van der Waals surface area contributed by atoms with Gasteiger partial charge in [0, 0.05) is 19.6 Å². The predicted molar refractivity (Wildman–Crippen MR) is 109 cm³/mol. The molecule has 2 aromatic heterocycles. The maximum atomic E-state index is 13.3. The minimum Gasteiger partial charge on any atom is -0.379 e. The molecule has 0 radical (unpaired) electrons. The standard InChI is InChI=1S/C20H22FN5O2S/c21-15-4-6-16(7-5-15)26-19(17-3-1-14-29-17)23-18(24-26)20(27)22-8-2-9-25-10-12-28-13-11-25/h1,3-7,14H,2,8-13H2,(H,22,27). The van der Waals surface area contributed by atoms with Crippen molar-refractivity contribution in [1.29, 1.82) is 0 Å². The average Bonchev–Trinajstić information content (AvgIpc) is 3.42. The van der Waals surface area contributed by atoms with Crippen molar-refractivity contribution < 1.29 is 13.9 Å². The molecule has 152 valence electrons. The van der Waals surface area contributed by atoms with E-state index in [1.165, 1.54) is 23.5 Å². The molecule has 1 fully saturated rings. The number of hydrogen-bond donors (Lipinski definition) is 1. The highest BCUT2D eigenvalue weighted by Crippen LogP contribution is 2.25. The fraction of sp³-hybridized carbons (Fsp3) is 0.350. The molecule has 1 amide bonds. The van der Waals surface area contributed by atoms with Crippen molar-refractivity contribution in [2.24, 2.45) is 0 Å². The summed E-state index contributed by atoms with van der Waals surface area (Å²) < 4.78 is 20.2. The molecule has 3 heterocycles. The fourth-order valence-electron chi connectivity index (χ4n) is 3.14. The number of carbonyl (C=O) groups is 1. The molecule has 4 rings (SSSR count). The quantitative estimate of drug-likeness (QED) is 0.601. The van der Waals surface area contributed by atoms with Gasteiger partial charge in [-0.3, -0.25) is 9.69 Å². The lowest BCUT2D eigenvalue weighted by Gasteiger charge is -2.26. The van der Waals surface area contributed by atoms with Gasteiger partial charge in [-0.2, -0.15) is 0 Å². The summed E-state index contributed by atoms with van der Waals surface area (Å²) >= 11 is 1.51. The lowest BCUT2D eigenvalue weighted by molar-refractivity contribution is 0.0374. The second-order valence-corrected chi connectivity index (χ2v) is 7.64. The number of thiophene rings is 1. The van der Waals surface area contributed by atoms with Crippen LogP contribution < -0.4 is 5.32 Å². The van der Waals surface area contributed by atoms with Crippen LogP contribution in [0.2, 0.25) is 0 Å². The van der Waals surface area contributed by atoms with Crippen LogP contribution in [0.4, 0.5) is 4.39 Å². The summed E-state index contributed by atoms with van der Waals surface area (Å²) in [6, 6.07) is 9.78. The van der Waals surface area contributed by atoms with E-state index in [1.807, 2.05) is 17.5 Å². The van der Waals surface area contributed by atoms with Crippen molar-refractivity contribution in [3.63, 3.8) is 0 Å². The van der Waals surface area contributed by atoms with Gasteiger partial charge in [0.15, 0.2) is 5.82 Å². The molecule has 0 aliphatic carbocycles. The minimum absolute atomic E-state index is 0.101. The predicted octanol–water partition coefficient (Wildman–Crippen LogP) is 2.59. The van der Waals surface area contributed by atoms with E-state index >= 15 is 0 Å². The van der Waals surface area contributed by atoms with Crippen LogP contribution in [0.15, 0.2) is 41.8 Å². The van der Waals surface area contributed by atoms with Crippen molar-refractivity contribution in [2.45, 2.75) is 6.42 Å². The fourth-order valence-corrected chi connectivity index (χ4v) is 3.84. The Kier molecular flexibility index (Phi) is 6.28. The summed E-state index contributed by atoms with van der Waals surface area (Å²) in [5.41, 5.74) is 0.647. The van der Waals surface area contributed by atoms with Gasteiger partial charge in [-0.25, -0.2) is 14.1 Å². The lowest BCUT2D eigenvalue weighted by Crippen LogP contribution is -2.38. The zero-order valence-electron chi connectivity index (χ0n) is 15.9. The van der Waals surface area contributed by atoms with E-state index in [9.17, 15) is 9.18 Å². The number of hydrogen-bond acceptors (Lipinski definition) is 6. The number of amides is 1. The van der Waals surface area contributed by atoms with Gasteiger partial charge < -0.3 is 10.1 Å². The lowest BCUT2D eigenvalue weighted by atomic mass is 10.3. The molecule has 1 aromatic carbocycles. The van der Waals surface area contributed by atoms with E-state index in [0.717, 1.165) is 44.1 Å². The van der Waals surface area contributed by atoms with E-state index in [-0.39, 0.29) is 17.5 Å². The van der Waals surface area contributed by atoms with Crippen LogP contribution in [-0.2, 0) is 4.74 Å². The molecule has 0 spiro atoms. The average molecular weight is 415 g/mol. The molecule has 1 aliphatic heterocycles. The zero-order chi connectivity index (χ0) is 20.1. The summed E-state index contributed by atoms with van der Waals surface area (Å²) in [6.07, 6.45) is 0.849. The summed E-state index contributed by atoms with van der Waals surface area (Å²) in [6.45, 7) is 4.87. The summed E-state index contributed by atoms with van der Waals surface area (Å²) in [5.74, 6) is 0.0181. The molecule has 0 atom stereocenters. The molecule has 0 bridgehead atoms. The monoisotopic (exact) mass is 415 g/mol. The molecular weight excluding hydrogens is 393 g/mol. The smallest absolute Gasteiger partial charge is 0.290 e. The number of nitrogens with zero attached hydrogens (tertiary/aromatic N) is 4. The van der Waals surface area contributed by atoms with Crippen LogP contribution >= 0.6 is 11.3 Å². The van der Waals surface area contributed by atoms with E-state index < -0.39 is 0 Å². The van der Waals surface area contributed by atoms with E-state index in [1.54, 1.807) is 16.8 Å². The first-order valence-corrected chi connectivity index (χ1v) is 10.4. The van der Waals surface area contributed by atoms with Crippen molar-refractivity contribution >= 4 is 17.2 Å². The maximum Gasteiger partial charge on any atom is 0.290 e. The van der Waals surface area contributed by atoms with Gasteiger partial charge in [0.05, 0.1) is 23.8 Å². The van der Waals surface area contributed by atoms with Gasteiger partial charge in [0.2, 0.25) is 5.82 Å². The highest BCUT2D eigenvalue weighted by Gasteiger charge is 2.19. The largest absolute Gasteiger partial charge is 0.379 e. The molecular formula is C20H22FN5O2S. The van der Waals surface area contributed by atoms with Crippen LogP contribution in [0.1, 0.15) is 17.0 Å². The molecule has 3 aromatic rings. The third kappa shape index (κ3) is 4.87. The van der Waals surface area contributed by atoms with Gasteiger partial charge in [0.25, 0.3) is 5.91 Å². The Morgan fingerprint density at radius 1 is 1.21 bits per heavy atom. The Balaban J connectivity index is 1.45. The van der Waals surface area contributed by atoms with Gasteiger partial charge in [-0.1, -0.05) is 6.07 Å². The molecule has 0 saturated carbocycles. The number of aromatic nitrogens is 3. The number of halogens is 1. The SMILES string of the molecule is O=C(NCCCN1CCOCC1)c1nc(-c2cccs2)n(-c2ccc(F)cc2)n1. The van der Waals surface area contributed by atoms with Crippen LogP contribution in [0.3, 0.4) is 0 Å². The third-order valence-corrected chi connectivity index (χ3v) is 5.53. The topological polar surface area (TPSA) is 72.3 Å². The highest BCUT2D eigenvalue weighted by molar-refractivity contribution is 7.13. The Hall–Kier alpha value is -2.62. The number of morpholine rings is 1. The molecule has 1 saturated heterocycles. The number of rotatable bonds is 7. The van der Waals surface area contributed by atoms with Gasteiger partial charge in [-0.05, 0) is 48.7 Å². The number of carbonyl (C=O) groups excluding carboxylic acids is 1. The van der Waals surface area contributed by atoms with E-state index in [0.29, 0.717) is 18.1 Å². The second-order valence-electron chi connectivity index (χ2n) is 6.69. The van der Waals surface area contributed by atoms with E-state index in [2.05, 4.69) is 20.3 Å². The Bertz CT molecular complexity index is 936. The Labute approximate surface area is 172 Å². The highest BCUT2D eigenvalue weighted by atomic mass is 32.1. The molecule has 7 nitrogen and oxygen atoms in total. The van der Waals surface area contributed by atoms with Crippen molar-refractivity contribution in [1.82, 2.24) is 25.0 Å². The first-order valence-electron chi connectivity index (χ1n) is 9.56. The molecule has 9 heteroatoms. The number of ether oxygens (including phenoxy) is 1. The normalized spacial score (nSPS) is 14.8. The van der Waals surface area contributed by atoms with Crippen molar-refractivity contribution in [3.05, 3.63) is 53.4 Å². The first-order chi connectivity index (χ1) is 14.2.